The Bertz CT molecular complexity index is 648. The first-order valence-corrected chi connectivity index (χ1v) is 6.07. The molecule has 1 unspecified atom stereocenters. The van der Waals surface area contributed by atoms with Crippen molar-refractivity contribution in [3.8, 4) is 0 Å². The van der Waals surface area contributed by atoms with Gasteiger partial charge in [0.1, 0.15) is 29.9 Å². The van der Waals surface area contributed by atoms with Gasteiger partial charge in [-0.2, -0.15) is 5.10 Å². The van der Waals surface area contributed by atoms with Crippen molar-refractivity contribution in [2.75, 3.05) is 0 Å². The fourth-order valence-electron chi connectivity index (χ4n) is 2.05. The van der Waals surface area contributed by atoms with Crippen molar-refractivity contribution in [1.29, 1.82) is 0 Å². The summed E-state index contributed by atoms with van der Waals surface area (Å²) in [5.41, 5.74) is -2.61. The van der Waals surface area contributed by atoms with Crippen LogP contribution in [0.2, 0.25) is 0 Å². The summed E-state index contributed by atoms with van der Waals surface area (Å²) in [6, 6.07) is 2.51. The van der Waals surface area contributed by atoms with Gasteiger partial charge in [0, 0.05) is 5.56 Å². The molecule has 0 aliphatic rings. The van der Waals surface area contributed by atoms with E-state index in [2.05, 4.69) is 10.1 Å². The lowest BCUT2D eigenvalue weighted by Crippen LogP contribution is -2.43. The van der Waals surface area contributed by atoms with Gasteiger partial charge in [0.2, 0.25) is 0 Å². The second kappa shape index (κ2) is 5.57. The molecule has 0 radical (unpaired) electrons. The molecule has 0 amide bonds. The van der Waals surface area contributed by atoms with E-state index < -0.39 is 34.7 Å². The molecule has 0 fully saturated rings. The fourth-order valence-corrected chi connectivity index (χ4v) is 2.05. The van der Waals surface area contributed by atoms with E-state index in [9.17, 15) is 18.7 Å². The van der Waals surface area contributed by atoms with E-state index in [4.69, 9.17) is 5.11 Å². The Hall–Kier alpha value is -2.35. The maximum absolute atomic E-state index is 14.0. The molecule has 1 aromatic carbocycles. The molecule has 8 heteroatoms. The van der Waals surface area contributed by atoms with Crippen molar-refractivity contribution < 1.29 is 23.8 Å². The lowest BCUT2D eigenvalue weighted by Gasteiger charge is -2.32. The third kappa shape index (κ3) is 2.89. The van der Waals surface area contributed by atoms with E-state index >= 15 is 0 Å². The minimum absolute atomic E-state index is 0.374. The van der Waals surface area contributed by atoms with Gasteiger partial charge < -0.3 is 10.2 Å². The van der Waals surface area contributed by atoms with Crippen LogP contribution < -0.4 is 0 Å². The van der Waals surface area contributed by atoms with Gasteiger partial charge >= 0.3 is 5.97 Å². The van der Waals surface area contributed by atoms with Gasteiger partial charge in [0.15, 0.2) is 0 Å². The highest BCUT2D eigenvalue weighted by atomic mass is 19.1. The van der Waals surface area contributed by atoms with Crippen molar-refractivity contribution in [3.05, 3.63) is 48.1 Å². The number of aliphatic carboxylic acids is 1. The molecule has 2 aromatic rings. The van der Waals surface area contributed by atoms with Gasteiger partial charge in [-0.05, 0) is 25.1 Å². The van der Waals surface area contributed by atoms with Crippen LogP contribution in [0.25, 0.3) is 0 Å². The monoisotopic (exact) mass is 297 g/mol. The number of aromatic nitrogens is 3. The quantitative estimate of drug-likeness (QED) is 0.864. The van der Waals surface area contributed by atoms with Gasteiger partial charge in [-0.1, -0.05) is 0 Å². The number of carboxylic acid groups (broad SMARTS) is 1. The molecule has 2 N–H and O–H groups in total. The molecule has 0 aliphatic heterocycles. The average Bonchev–Trinajstić information content (AvgIpc) is 2.93. The zero-order valence-electron chi connectivity index (χ0n) is 11.1. The van der Waals surface area contributed by atoms with Crippen molar-refractivity contribution >= 4 is 5.97 Å². The smallest absolute Gasteiger partial charge is 0.309 e. The first-order valence-electron chi connectivity index (χ1n) is 6.07. The number of rotatable bonds is 5. The highest BCUT2D eigenvalue weighted by molar-refractivity contribution is 5.71. The van der Waals surface area contributed by atoms with Gasteiger partial charge in [-0.25, -0.2) is 18.4 Å². The number of hydrogen-bond acceptors (Lipinski definition) is 4. The van der Waals surface area contributed by atoms with Crippen molar-refractivity contribution in [2.45, 2.75) is 19.1 Å². The first-order chi connectivity index (χ1) is 9.84. The van der Waals surface area contributed by atoms with Gasteiger partial charge in [0.25, 0.3) is 0 Å². The number of aliphatic hydroxyl groups is 1. The van der Waals surface area contributed by atoms with Crippen molar-refractivity contribution in [3.63, 3.8) is 0 Å². The molecule has 2 atom stereocenters. The number of hydrogen-bond donors (Lipinski definition) is 2. The lowest BCUT2D eigenvalue weighted by atomic mass is 9.81. The number of nitrogens with zero attached hydrogens (tertiary/aromatic N) is 3. The predicted octanol–water partition coefficient (Wildman–Crippen LogP) is 1.16. The summed E-state index contributed by atoms with van der Waals surface area (Å²) in [7, 11) is 0. The van der Waals surface area contributed by atoms with Crippen LogP contribution in [0.4, 0.5) is 8.78 Å². The van der Waals surface area contributed by atoms with Crippen LogP contribution >= 0.6 is 0 Å². The van der Waals surface area contributed by atoms with Crippen LogP contribution in [0.1, 0.15) is 12.5 Å². The van der Waals surface area contributed by atoms with E-state index in [0.717, 1.165) is 22.9 Å². The van der Waals surface area contributed by atoms with Gasteiger partial charge in [-0.15, -0.1) is 0 Å². The summed E-state index contributed by atoms with van der Waals surface area (Å²) in [6.45, 7) is 0.838. The Labute approximate surface area is 118 Å². The average molecular weight is 297 g/mol. The van der Waals surface area contributed by atoms with E-state index in [1.54, 1.807) is 0 Å². The van der Waals surface area contributed by atoms with Gasteiger partial charge in [0.05, 0.1) is 12.5 Å². The molecule has 6 nitrogen and oxygen atoms in total. The molecule has 0 spiro atoms. The van der Waals surface area contributed by atoms with E-state index in [1.165, 1.54) is 19.6 Å². The molecule has 112 valence electrons. The minimum atomic E-state index is -2.17. The molecule has 0 aliphatic carbocycles. The predicted molar refractivity (Wildman–Crippen MR) is 67.1 cm³/mol. The standard InChI is InChI=1S/C13H13F2N3O3/c1-8(12(19)20)13(21,5-18-7-16-6-17-18)10-4-9(14)2-3-11(10)15/h2-4,6-8,21H,5H2,1H3,(H,19,20)/t8-,13?/m0/s1. The minimum Gasteiger partial charge on any atom is -0.481 e. The largest absolute Gasteiger partial charge is 0.481 e. The second-order valence-electron chi connectivity index (χ2n) is 4.70. The molecule has 0 saturated heterocycles. The van der Waals surface area contributed by atoms with E-state index in [0.29, 0.717) is 0 Å². The SMILES string of the molecule is C[C@@H](C(=O)O)C(O)(Cn1cncn1)c1cc(F)ccc1F. The summed E-state index contributed by atoms with van der Waals surface area (Å²) in [5, 5.41) is 23.6. The fraction of sp³-hybridized carbons (Fsp3) is 0.308. The topological polar surface area (TPSA) is 88.2 Å². The third-order valence-electron chi connectivity index (χ3n) is 3.35. The van der Waals surface area contributed by atoms with Crippen LogP contribution in [-0.4, -0.2) is 30.9 Å². The maximum atomic E-state index is 14.0. The van der Waals surface area contributed by atoms with Crippen molar-refractivity contribution in [2.24, 2.45) is 5.92 Å². The Morgan fingerprint density at radius 2 is 2.19 bits per heavy atom. The third-order valence-corrected chi connectivity index (χ3v) is 3.35. The molecule has 1 heterocycles. The van der Waals surface area contributed by atoms with Gasteiger partial charge in [-0.3, -0.25) is 4.79 Å². The van der Waals surface area contributed by atoms with E-state index in [-0.39, 0.29) is 6.54 Å². The number of carbonyl (C=O) groups is 1. The molecular formula is C13H13F2N3O3. The summed E-state index contributed by atoms with van der Waals surface area (Å²) < 4.78 is 28.5. The molecular weight excluding hydrogens is 284 g/mol. The molecule has 0 saturated carbocycles. The van der Waals surface area contributed by atoms with E-state index in [1.807, 2.05) is 0 Å². The Morgan fingerprint density at radius 3 is 2.76 bits per heavy atom. The summed E-state index contributed by atoms with van der Waals surface area (Å²) >= 11 is 0. The Morgan fingerprint density at radius 1 is 1.48 bits per heavy atom. The highest BCUT2D eigenvalue weighted by Crippen LogP contribution is 2.34. The summed E-state index contributed by atoms with van der Waals surface area (Å²) in [5.74, 6) is -4.41. The van der Waals surface area contributed by atoms with Crippen LogP contribution in [0.15, 0.2) is 30.9 Å². The molecule has 0 bridgehead atoms. The Kier molecular flexibility index (Phi) is 3.99. The summed E-state index contributed by atoms with van der Waals surface area (Å²) in [6.07, 6.45) is 2.44. The van der Waals surface area contributed by atoms with Crippen molar-refractivity contribution in [1.82, 2.24) is 14.8 Å². The normalized spacial score (nSPS) is 15.4. The Balaban J connectivity index is 2.54. The number of benzene rings is 1. The zero-order chi connectivity index (χ0) is 15.6. The number of carboxylic acids is 1. The van der Waals surface area contributed by atoms with Crippen LogP contribution in [0.3, 0.4) is 0 Å². The number of halogens is 2. The van der Waals surface area contributed by atoms with Crippen LogP contribution in [0.5, 0.6) is 0 Å². The molecule has 1 aromatic heterocycles. The molecule has 2 rings (SSSR count). The first kappa shape index (κ1) is 15.0. The van der Waals surface area contributed by atoms with Crippen LogP contribution in [0, 0.1) is 17.6 Å². The second-order valence-corrected chi connectivity index (χ2v) is 4.70. The highest BCUT2D eigenvalue weighted by Gasteiger charge is 2.43. The summed E-state index contributed by atoms with van der Waals surface area (Å²) in [4.78, 5) is 14.9. The maximum Gasteiger partial charge on any atom is 0.309 e. The van der Waals surface area contributed by atoms with Crippen LogP contribution in [-0.2, 0) is 16.9 Å². The molecule has 21 heavy (non-hydrogen) atoms. The lowest BCUT2D eigenvalue weighted by molar-refractivity contribution is -0.153. The zero-order valence-corrected chi connectivity index (χ0v) is 11.1.